The number of carbonyl (C=O) groups is 1. The molecule has 2 saturated heterocycles. The Hall–Kier alpha value is -1.47. The number of methoxy groups -OCH3 is 1. The summed E-state index contributed by atoms with van der Waals surface area (Å²) in [4.78, 5) is 21.1. The van der Waals surface area contributed by atoms with E-state index in [1.54, 1.807) is 7.11 Å². The molecule has 2 aliphatic heterocycles. The number of hydrogen-bond acceptors (Lipinski definition) is 5. The summed E-state index contributed by atoms with van der Waals surface area (Å²) >= 11 is 0. The van der Waals surface area contributed by atoms with Crippen LogP contribution in [0, 0.1) is 0 Å². The molecule has 1 aromatic rings. The van der Waals surface area contributed by atoms with E-state index in [4.69, 9.17) is 4.74 Å². The number of hydrogen-bond donors (Lipinski definition) is 0. The molecule has 3 heterocycles. The number of nitrogens with zero attached hydrogens (tertiary/aromatic N) is 5. The summed E-state index contributed by atoms with van der Waals surface area (Å²) in [5.74, 6) is 0.538. The minimum atomic E-state index is -0.0679. The zero-order valence-electron chi connectivity index (χ0n) is 12.9. The molecule has 0 aromatic carbocycles. The summed E-state index contributed by atoms with van der Waals surface area (Å²) in [5, 5.41) is 4.19. The van der Waals surface area contributed by atoms with Gasteiger partial charge < -0.3 is 9.64 Å². The van der Waals surface area contributed by atoms with Crippen molar-refractivity contribution in [2.75, 3.05) is 26.7 Å². The number of likely N-dealkylation sites (tertiary alicyclic amines) is 2. The van der Waals surface area contributed by atoms with Gasteiger partial charge >= 0.3 is 6.03 Å². The largest absolute Gasteiger partial charge is 0.377 e. The second-order valence-electron chi connectivity index (χ2n) is 6.26. The molecular formula is C14H23N5O2. The Kier molecular flexibility index (Phi) is 3.71. The van der Waals surface area contributed by atoms with Crippen molar-refractivity contribution >= 4 is 6.03 Å². The van der Waals surface area contributed by atoms with Crippen LogP contribution >= 0.6 is 0 Å². The molecule has 1 unspecified atom stereocenters. The van der Waals surface area contributed by atoms with Crippen LogP contribution in [0.4, 0.5) is 4.79 Å². The number of aromatic nitrogens is 3. The van der Waals surface area contributed by atoms with E-state index in [1.165, 1.54) is 11.0 Å². The van der Waals surface area contributed by atoms with Gasteiger partial charge in [-0.1, -0.05) is 0 Å². The van der Waals surface area contributed by atoms with Crippen molar-refractivity contribution in [2.24, 2.45) is 0 Å². The van der Waals surface area contributed by atoms with Gasteiger partial charge in [0.2, 0.25) is 0 Å². The summed E-state index contributed by atoms with van der Waals surface area (Å²) in [7, 11) is 1.59. The van der Waals surface area contributed by atoms with Gasteiger partial charge in [0.25, 0.3) is 0 Å². The maximum atomic E-state index is 12.6. The third kappa shape index (κ3) is 2.44. The highest BCUT2D eigenvalue weighted by Gasteiger charge is 2.52. The standard InChI is InChI=1S/C14H23N5O2/c1-11(2)17-6-4-14(9-17)5-7-18(14)13(20)19-10-15-12(16-19)8-21-3/h10-11H,4-9H2,1-3H3. The molecule has 7 heteroatoms. The molecule has 116 valence electrons. The second-order valence-corrected chi connectivity index (χ2v) is 6.26. The van der Waals surface area contributed by atoms with Gasteiger partial charge in [-0.2, -0.15) is 4.68 Å². The molecular weight excluding hydrogens is 270 g/mol. The smallest absolute Gasteiger partial charge is 0.346 e. The Balaban J connectivity index is 1.70. The van der Waals surface area contributed by atoms with E-state index < -0.39 is 0 Å². The summed E-state index contributed by atoms with van der Waals surface area (Å²) in [6.07, 6.45) is 3.62. The van der Waals surface area contributed by atoms with Crippen LogP contribution in [0.2, 0.25) is 0 Å². The number of ether oxygens (including phenoxy) is 1. The summed E-state index contributed by atoms with van der Waals surface area (Å²) in [6.45, 7) is 7.58. The fourth-order valence-corrected chi connectivity index (χ4v) is 3.30. The van der Waals surface area contributed by atoms with Crippen molar-refractivity contribution in [3.63, 3.8) is 0 Å². The topological polar surface area (TPSA) is 63.5 Å². The van der Waals surface area contributed by atoms with Crippen molar-refractivity contribution in [2.45, 2.75) is 44.9 Å². The van der Waals surface area contributed by atoms with Gasteiger partial charge in [-0.15, -0.1) is 5.10 Å². The maximum absolute atomic E-state index is 12.6. The molecule has 21 heavy (non-hydrogen) atoms. The fraction of sp³-hybridized carbons (Fsp3) is 0.786. The molecule has 2 aliphatic rings. The monoisotopic (exact) mass is 293 g/mol. The van der Waals surface area contributed by atoms with Crippen LogP contribution in [-0.2, 0) is 11.3 Å². The molecule has 0 N–H and O–H groups in total. The van der Waals surface area contributed by atoms with Crippen LogP contribution < -0.4 is 0 Å². The molecule has 7 nitrogen and oxygen atoms in total. The third-order valence-corrected chi connectivity index (χ3v) is 4.71. The molecule has 1 amide bonds. The highest BCUT2D eigenvalue weighted by Crippen LogP contribution is 2.40. The highest BCUT2D eigenvalue weighted by molar-refractivity contribution is 5.77. The molecule has 0 radical (unpaired) electrons. The number of carbonyl (C=O) groups excluding carboxylic acids is 1. The lowest BCUT2D eigenvalue weighted by Crippen LogP contribution is -2.64. The Bertz CT molecular complexity index is 529. The van der Waals surface area contributed by atoms with Gasteiger partial charge in [0, 0.05) is 32.8 Å². The Morgan fingerprint density at radius 3 is 2.76 bits per heavy atom. The predicted octanol–water partition coefficient (Wildman–Crippen LogP) is 0.951. The molecule has 0 saturated carbocycles. The first kappa shape index (κ1) is 14.5. The van der Waals surface area contributed by atoms with Crippen molar-refractivity contribution in [1.29, 1.82) is 0 Å². The van der Waals surface area contributed by atoms with E-state index in [0.717, 1.165) is 32.5 Å². The van der Waals surface area contributed by atoms with Gasteiger partial charge in [0.05, 0.1) is 5.54 Å². The SMILES string of the molecule is COCc1ncn(C(=O)N2CCC23CCN(C(C)C)C3)n1. The predicted molar refractivity (Wildman–Crippen MR) is 76.9 cm³/mol. The van der Waals surface area contributed by atoms with Gasteiger partial charge in [0.15, 0.2) is 5.82 Å². The van der Waals surface area contributed by atoms with Crippen LogP contribution in [0.15, 0.2) is 6.33 Å². The average Bonchev–Trinajstić information content (AvgIpc) is 3.05. The molecule has 0 bridgehead atoms. The Labute approximate surface area is 124 Å². The van der Waals surface area contributed by atoms with Crippen molar-refractivity contribution in [3.8, 4) is 0 Å². The summed E-state index contributed by atoms with van der Waals surface area (Å²) < 4.78 is 6.33. The van der Waals surface area contributed by atoms with Crippen molar-refractivity contribution < 1.29 is 9.53 Å². The lowest BCUT2D eigenvalue weighted by Gasteiger charge is -2.50. The first-order valence-corrected chi connectivity index (χ1v) is 7.51. The minimum absolute atomic E-state index is 0.00865. The summed E-state index contributed by atoms with van der Waals surface area (Å²) in [6, 6.07) is 0.461. The van der Waals surface area contributed by atoms with E-state index in [-0.39, 0.29) is 11.6 Å². The van der Waals surface area contributed by atoms with E-state index in [1.807, 2.05) is 4.90 Å². The third-order valence-electron chi connectivity index (χ3n) is 4.71. The van der Waals surface area contributed by atoms with Crippen LogP contribution in [0.1, 0.15) is 32.5 Å². The fourth-order valence-electron chi connectivity index (χ4n) is 3.30. The quantitative estimate of drug-likeness (QED) is 0.830. The lowest BCUT2D eigenvalue weighted by molar-refractivity contribution is 0.0274. The lowest BCUT2D eigenvalue weighted by atomic mass is 9.84. The van der Waals surface area contributed by atoms with Gasteiger partial charge in [-0.3, -0.25) is 4.90 Å². The Morgan fingerprint density at radius 2 is 2.19 bits per heavy atom. The summed E-state index contributed by atoms with van der Waals surface area (Å²) in [5.41, 5.74) is 0.00865. The Morgan fingerprint density at radius 1 is 1.43 bits per heavy atom. The normalized spacial score (nSPS) is 25.8. The second kappa shape index (κ2) is 5.38. The molecule has 0 aliphatic carbocycles. The maximum Gasteiger partial charge on any atom is 0.346 e. The first-order valence-electron chi connectivity index (χ1n) is 7.51. The van der Waals surface area contributed by atoms with E-state index in [9.17, 15) is 4.79 Å². The van der Waals surface area contributed by atoms with E-state index in [0.29, 0.717) is 18.5 Å². The highest BCUT2D eigenvalue weighted by atomic mass is 16.5. The molecule has 1 aromatic heterocycles. The van der Waals surface area contributed by atoms with E-state index in [2.05, 4.69) is 28.8 Å². The number of amides is 1. The van der Waals surface area contributed by atoms with Gasteiger partial charge in [-0.25, -0.2) is 9.78 Å². The minimum Gasteiger partial charge on any atom is -0.377 e. The van der Waals surface area contributed by atoms with Crippen LogP contribution in [0.5, 0.6) is 0 Å². The molecule has 1 atom stereocenters. The zero-order valence-corrected chi connectivity index (χ0v) is 12.9. The van der Waals surface area contributed by atoms with Crippen LogP contribution in [0.3, 0.4) is 0 Å². The van der Waals surface area contributed by atoms with Crippen LogP contribution in [-0.4, -0.2) is 68.9 Å². The van der Waals surface area contributed by atoms with Crippen molar-refractivity contribution in [3.05, 3.63) is 12.2 Å². The number of rotatable bonds is 3. The van der Waals surface area contributed by atoms with Gasteiger partial charge in [0.1, 0.15) is 12.9 Å². The van der Waals surface area contributed by atoms with Crippen molar-refractivity contribution in [1.82, 2.24) is 24.6 Å². The van der Waals surface area contributed by atoms with Gasteiger partial charge in [-0.05, 0) is 26.7 Å². The van der Waals surface area contributed by atoms with Crippen LogP contribution in [0.25, 0.3) is 0 Å². The zero-order chi connectivity index (χ0) is 15.0. The molecule has 3 rings (SSSR count). The average molecular weight is 293 g/mol. The molecule has 2 fully saturated rings. The van der Waals surface area contributed by atoms with E-state index >= 15 is 0 Å². The molecule has 1 spiro atoms. The first-order chi connectivity index (χ1) is 10.1.